The number of carboxylic acids is 1. The van der Waals surface area contributed by atoms with E-state index in [1.54, 1.807) is 0 Å². The molecule has 0 aromatic rings. The van der Waals surface area contributed by atoms with Crippen LogP contribution in [0.5, 0.6) is 0 Å². The second kappa shape index (κ2) is 52.1. The highest BCUT2D eigenvalue weighted by atomic mass is 16.7. The first-order valence-electron chi connectivity index (χ1n) is 28.6. The standard InChI is InChI=1S/C61H107NO8/c1-6-8-10-12-14-16-18-20-22-24-25-26-27-28-29-30-31-32-33-34-35-36-38-40-42-44-46-48-50-52-59(64)70-57(56-69-61(60(65)66)67-54-53-62(3,4)5)55-68-58(63)51-49-47-45-43-41-39-37-23-21-19-17-15-13-11-9-7-2/h8,10,14,16,20,22-23,25-26,28-29,37,57,61H,6-7,9,11-13,15,17-19,21,24,27,30-36,38-56H2,1-5H3/p+1/b10-8-,16-14-,22-20-,26-25-,29-28-,37-23-. The Morgan fingerprint density at radius 3 is 1.23 bits per heavy atom. The Kier molecular flexibility index (Phi) is 49.6. The van der Waals surface area contributed by atoms with E-state index in [-0.39, 0.29) is 32.2 Å². The molecule has 0 saturated heterocycles. The number of quaternary nitrogens is 1. The molecule has 0 rings (SSSR count). The zero-order valence-electron chi connectivity index (χ0n) is 45.9. The fourth-order valence-electron chi connectivity index (χ4n) is 7.80. The predicted molar refractivity (Wildman–Crippen MR) is 295 cm³/mol. The lowest BCUT2D eigenvalue weighted by atomic mass is 10.0. The zero-order chi connectivity index (χ0) is 51.3. The van der Waals surface area contributed by atoms with Gasteiger partial charge in [0.2, 0.25) is 0 Å². The van der Waals surface area contributed by atoms with Gasteiger partial charge in [-0.3, -0.25) is 9.59 Å². The molecule has 1 N–H and O–H groups in total. The topological polar surface area (TPSA) is 108 Å². The van der Waals surface area contributed by atoms with E-state index < -0.39 is 24.3 Å². The van der Waals surface area contributed by atoms with E-state index >= 15 is 0 Å². The van der Waals surface area contributed by atoms with Crippen molar-refractivity contribution in [2.75, 3.05) is 47.5 Å². The van der Waals surface area contributed by atoms with Crippen molar-refractivity contribution < 1.29 is 42.9 Å². The lowest BCUT2D eigenvalue weighted by molar-refractivity contribution is -0.870. The third-order valence-corrected chi connectivity index (χ3v) is 12.2. The minimum Gasteiger partial charge on any atom is -0.477 e. The summed E-state index contributed by atoms with van der Waals surface area (Å²) in [5.41, 5.74) is 0. The number of carboxylic acid groups (broad SMARTS) is 1. The molecule has 0 aromatic carbocycles. The van der Waals surface area contributed by atoms with Gasteiger partial charge in [-0.15, -0.1) is 0 Å². The molecule has 0 aliphatic rings. The van der Waals surface area contributed by atoms with Crippen molar-refractivity contribution in [3.05, 3.63) is 72.9 Å². The van der Waals surface area contributed by atoms with Crippen LogP contribution in [0, 0.1) is 0 Å². The van der Waals surface area contributed by atoms with Crippen molar-refractivity contribution in [2.45, 2.75) is 251 Å². The van der Waals surface area contributed by atoms with Crippen molar-refractivity contribution in [1.82, 2.24) is 0 Å². The summed E-state index contributed by atoms with van der Waals surface area (Å²) in [6, 6.07) is 0. The van der Waals surface area contributed by atoms with E-state index in [1.807, 2.05) is 21.1 Å². The number of hydrogen-bond donors (Lipinski definition) is 1. The van der Waals surface area contributed by atoms with Crippen molar-refractivity contribution in [1.29, 1.82) is 0 Å². The van der Waals surface area contributed by atoms with Crippen LogP contribution in [0.4, 0.5) is 0 Å². The maximum absolute atomic E-state index is 12.9. The fourth-order valence-corrected chi connectivity index (χ4v) is 7.80. The number of nitrogens with zero attached hydrogens (tertiary/aromatic N) is 1. The number of carbonyl (C=O) groups excluding carboxylic acids is 2. The number of ether oxygens (including phenoxy) is 4. The molecular formula is C61H108NO8+. The first kappa shape index (κ1) is 66.7. The Morgan fingerprint density at radius 2 is 0.814 bits per heavy atom. The molecule has 9 nitrogen and oxygen atoms in total. The largest absolute Gasteiger partial charge is 0.477 e. The van der Waals surface area contributed by atoms with E-state index in [9.17, 15) is 19.5 Å². The van der Waals surface area contributed by atoms with E-state index in [2.05, 4.69) is 86.8 Å². The van der Waals surface area contributed by atoms with Gasteiger partial charge in [0, 0.05) is 12.8 Å². The highest BCUT2D eigenvalue weighted by Crippen LogP contribution is 2.16. The molecule has 0 aliphatic heterocycles. The molecule has 0 spiro atoms. The molecule has 0 aromatic heterocycles. The highest BCUT2D eigenvalue weighted by molar-refractivity contribution is 5.71. The van der Waals surface area contributed by atoms with Gasteiger partial charge in [0.25, 0.3) is 6.29 Å². The molecule has 0 heterocycles. The van der Waals surface area contributed by atoms with Gasteiger partial charge in [0.1, 0.15) is 13.2 Å². The van der Waals surface area contributed by atoms with Crippen LogP contribution in [0.1, 0.15) is 239 Å². The smallest absolute Gasteiger partial charge is 0.361 e. The molecule has 0 bridgehead atoms. The quantitative estimate of drug-likeness (QED) is 0.0211. The summed E-state index contributed by atoms with van der Waals surface area (Å²) in [4.78, 5) is 37.4. The van der Waals surface area contributed by atoms with Crippen LogP contribution in [-0.2, 0) is 33.3 Å². The monoisotopic (exact) mass is 983 g/mol. The molecule has 2 unspecified atom stereocenters. The Hall–Kier alpha value is -3.27. The zero-order valence-corrected chi connectivity index (χ0v) is 45.9. The second-order valence-electron chi connectivity index (χ2n) is 20.2. The number of carbonyl (C=O) groups is 3. The molecule has 404 valence electrons. The highest BCUT2D eigenvalue weighted by Gasteiger charge is 2.25. The minimum absolute atomic E-state index is 0.184. The van der Waals surface area contributed by atoms with E-state index in [0.29, 0.717) is 23.9 Å². The van der Waals surface area contributed by atoms with Crippen molar-refractivity contribution in [2.24, 2.45) is 0 Å². The lowest BCUT2D eigenvalue weighted by Crippen LogP contribution is -2.40. The van der Waals surface area contributed by atoms with Crippen LogP contribution in [-0.4, -0.2) is 87.4 Å². The van der Waals surface area contributed by atoms with Crippen molar-refractivity contribution in [3.63, 3.8) is 0 Å². The van der Waals surface area contributed by atoms with Gasteiger partial charge < -0.3 is 28.5 Å². The summed E-state index contributed by atoms with van der Waals surface area (Å²) >= 11 is 0. The van der Waals surface area contributed by atoms with Crippen LogP contribution >= 0.6 is 0 Å². The van der Waals surface area contributed by atoms with E-state index in [1.165, 1.54) is 122 Å². The van der Waals surface area contributed by atoms with Crippen molar-refractivity contribution >= 4 is 17.9 Å². The van der Waals surface area contributed by atoms with Gasteiger partial charge in [0.05, 0.1) is 34.4 Å². The van der Waals surface area contributed by atoms with Crippen LogP contribution in [0.3, 0.4) is 0 Å². The number of esters is 2. The first-order valence-corrected chi connectivity index (χ1v) is 28.6. The van der Waals surface area contributed by atoms with Crippen LogP contribution < -0.4 is 0 Å². The maximum atomic E-state index is 12.9. The normalized spacial score (nSPS) is 13.3. The number of allylic oxidation sites excluding steroid dienone is 12. The molecule has 2 atom stereocenters. The molecule has 0 fully saturated rings. The molecule has 9 heteroatoms. The third kappa shape index (κ3) is 52.6. The molecule has 70 heavy (non-hydrogen) atoms. The summed E-state index contributed by atoms with van der Waals surface area (Å²) in [5, 5.41) is 9.69. The molecule has 0 amide bonds. The lowest BCUT2D eigenvalue weighted by Gasteiger charge is -2.25. The summed E-state index contributed by atoms with van der Waals surface area (Å²) < 4.78 is 22.9. The van der Waals surface area contributed by atoms with Gasteiger partial charge in [0.15, 0.2) is 6.10 Å². The molecule has 0 radical (unpaired) electrons. The summed E-state index contributed by atoms with van der Waals surface area (Å²) in [7, 11) is 5.96. The van der Waals surface area contributed by atoms with Gasteiger partial charge in [-0.05, 0) is 83.5 Å². The van der Waals surface area contributed by atoms with Gasteiger partial charge in [-0.2, -0.15) is 0 Å². The van der Waals surface area contributed by atoms with Crippen LogP contribution in [0.15, 0.2) is 72.9 Å². The maximum Gasteiger partial charge on any atom is 0.361 e. The van der Waals surface area contributed by atoms with Crippen LogP contribution in [0.25, 0.3) is 0 Å². The van der Waals surface area contributed by atoms with E-state index in [4.69, 9.17) is 18.9 Å². The van der Waals surface area contributed by atoms with Gasteiger partial charge >= 0.3 is 17.9 Å². The average Bonchev–Trinajstić information content (AvgIpc) is 3.33. The predicted octanol–water partition coefficient (Wildman–Crippen LogP) is 16.6. The number of hydrogen-bond acceptors (Lipinski definition) is 7. The second-order valence-corrected chi connectivity index (χ2v) is 20.2. The Balaban J connectivity index is 4.22. The third-order valence-electron chi connectivity index (χ3n) is 12.2. The summed E-state index contributed by atoms with van der Waals surface area (Å²) in [6.07, 6.45) is 64.0. The summed E-state index contributed by atoms with van der Waals surface area (Å²) in [5.74, 6) is -2.01. The Labute approximate surface area is 430 Å². The number of likely N-dealkylation sites (N-methyl/N-ethyl adjacent to an activating group) is 1. The summed E-state index contributed by atoms with van der Waals surface area (Å²) in [6.45, 7) is 4.76. The van der Waals surface area contributed by atoms with Crippen molar-refractivity contribution in [3.8, 4) is 0 Å². The number of rotatable bonds is 52. The number of unbranched alkanes of at least 4 members (excludes halogenated alkanes) is 25. The SMILES string of the molecule is CC/C=C\C/C=C\C/C=C\C/C=C\C/C=C\CCCCCCCCCCCCCCCC(=O)OC(COC(=O)CCCCCCC/C=C\CCCCCCCCC)COC(OCC[N+](C)(C)C)C(=O)O. The molecular weight excluding hydrogens is 875 g/mol. The van der Waals surface area contributed by atoms with Gasteiger partial charge in [-0.1, -0.05) is 215 Å². The molecule has 0 aliphatic carbocycles. The average molecular weight is 984 g/mol. The first-order chi connectivity index (χ1) is 34.1. The fraction of sp³-hybridized carbons (Fsp3) is 0.754. The molecule has 0 saturated carbocycles. The Morgan fingerprint density at radius 1 is 0.443 bits per heavy atom. The van der Waals surface area contributed by atoms with Gasteiger partial charge in [-0.25, -0.2) is 4.79 Å². The Bertz CT molecular complexity index is 1380. The number of aliphatic carboxylic acids is 1. The minimum atomic E-state index is -1.51. The van der Waals surface area contributed by atoms with Crippen LogP contribution in [0.2, 0.25) is 0 Å². The van der Waals surface area contributed by atoms with E-state index in [0.717, 1.165) is 83.5 Å².